The second-order valence-electron chi connectivity index (χ2n) is 5.17. The summed E-state index contributed by atoms with van der Waals surface area (Å²) in [5.74, 6) is 0. The van der Waals surface area contributed by atoms with E-state index in [4.69, 9.17) is 4.42 Å². The Labute approximate surface area is 137 Å². The van der Waals surface area contributed by atoms with Crippen molar-refractivity contribution in [3.05, 3.63) is 65.7 Å². The third-order valence-electron chi connectivity index (χ3n) is 3.52. The Morgan fingerprint density at radius 2 is 1.78 bits per heavy atom. The van der Waals surface area contributed by atoms with Crippen LogP contribution in [0.1, 0.15) is 5.69 Å². The van der Waals surface area contributed by atoms with Gasteiger partial charge in [0.2, 0.25) is 0 Å². The van der Waals surface area contributed by atoms with Crippen molar-refractivity contribution in [2.45, 2.75) is 6.42 Å². The molecule has 4 aromatic rings. The number of nitrogens with one attached hydrogen (secondary N) is 1. The van der Waals surface area contributed by atoms with Gasteiger partial charge in [0.15, 0.2) is 5.58 Å². The molecule has 0 aliphatic carbocycles. The number of oxazole rings is 1. The van der Waals surface area contributed by atoms with E-state index in [2.05, 4.69) is 32.8 Å². The third-order valence-corrected chi connectivity index (χ3v) is 4.46. The Bertz CT molecular complexity index is 881. The Kier molecular flexibility index (Phi) is 3.78. The summed E-state index contributed by atoms with van der Waals surface area (Å²) >= 11 is 1.67. The first-order chi connectivity index (χ1) is 11.4. The van der Waals surface area contributed by atoms with Crippen LogP contribution in [0.15, 0.2) is 64.4 Å². The lowest BCUT2D eigenvalue weighted by atomic mass is 10.2. The van der Waals surface area contributed by atoms with Gasteiger partial charge in [0, 0.05) is 23.9 Å². The summed E-state index contributed by atoms with van der Waals surface area (Å²) < 4.78 is 5.64. The summed E-state index contributed by atoms with van der Waals surface area (Å²) in [6.07, 6.45) is 0.835. The van der Waals surface area contributed by atoms with Gasteiger partial charge in [-0.05, 0) is 12.1 Å². The van der Waals surface area contributed by atoms with Gasteiger partial charge >= 0.3 is 0 Å². The molecule has 0 saturated carbocycles. The smallest absolute Gasteiger partial charge is 0.295 e. The molecule has 0 unspecified atom stereocenters. The van der Waals surface area contributed by atoms with E-state index in [0.29, 0.717) is 6.01 Å². The van der Waals surface area contributed by atoms with Crippen LogP contribution in [-0.2, 0) is 6.42 Å². The van der Waals surface area contributed by atoms with Crippen LogP contribution in [-0.4, -0.2) is 16.5 Å². The summed E-state index contributed by atoms with van der Waals surface area (Å²) in [7, 11) is 0. The highest BCUT2D eigenvalue weighted by Crippen LogP contribution is 2.23. The van der Waals surface area contributed by atoms with Crippen molar-refractivity contribution >= 4 is 28.5 Å². The molecule has 2 aromatic carbocycles. The molecule has 0 spiro atoms. The molecule has 0 bridgehead atoms. The maximum atomic E-state index is 5.64. The molecular formula is C18H15N3OS. The number of fused-ring (bicyclic) bond motifs is 1. The number of thiazole rings is 1. The first-order valence-corrected chi connectivity index (χ1v) is 8.36. The molecule has 0 atom stereocenters. The fourth-order valence-electron chi connectivity index (χ4n) is 2.38. The molecule has 5 heteroatoms. The van der Waals surface area contributed by atoms with Crippen LogP contribution < -0.4 is 5.32 Å². The van der Waals surface area contributed by atoms with Crippen LogP contribution in [0.25, 0.3) is 21.7 Å². The van der Waals surface area contributed by atoms with Crippen LogP contribution in [0.4, 0.5) is 6.01 Å². The minimum Gasteiger partial charge on any atom is -0.424 e. The van der Waals surface area contributed by atoms with Gasteiger partial charge in [0.25, 0.3) is 6.01 Å². The van der Waals surface area contributed by atoms with Gasteiger partial charge in [0.1, 0.15) is 10.5 Å². The Hall–Kier alpha value is -2.66. The quantitative estimate of drug-likeness (QED) is 0.583. The molecule has 23 heavy (non-hydrogen) atoms. The van der Waals surface area contributed by atoms with E-state index in [9.17, 15) is 0 Å². The molecular weight excluding hydrogens is 306 g/mol. The molecule has 2 aromatic heterocycles. The molecule has 0 aliphatic heterocycles. The number of anilines is 1. The van der Waals surface area contributed by atoms with Crippen LogP contribution in [0.5, 0.6) is 0 Å². The van der Waals surface area contributed by atoms with Crippen LogP contribution in [0.2, 0.25) is 0 Å². The van der Waals surface area contributed by atoms with E-state index in [1.165, 1.54) is 0 Å². The lowest BCUT2D eigenvalue weighted by Gasteiger charge is -1.99. The summed E-state index contributed by atoms with van der Waals surface area (Å²) in [6, 6.07) is 18.6. The van der Waals surface area contributed by atoms with Gasteiger partial charge in [-0.15, -0.1) is 11.3 Å². The maximum Gasteiger partial charge on any atom is 0.295 e. The average Bonchev–Trinajstić information content (AvgIpc) is 3.22. The summed E-state index contributed by atoms with van der Waals surface area (Å²) in [5, 5.41) is 6.38. The van der Waals surface area contributed by atoms with Crippen molar-refractivity contribution in [2.24, 2.45) is 0 Å². The van der Waals surface area contributed by atoms with Crippen molar-refractivity contribution in [2.75, 3.05) is 11.9 Å². The molecule has 2 heterocycles. The molecule has 114 valence electrons. The van der Waals surface area contributed by atoms with Gasteiger partial charge in [0.05, 0.1) is 5.69 Å². The number of nitrogens with zero attached hydrogens (tertiary/aromatic N) is 2. The summed E-state index contributed by atoms with van der Waals surface area (Å²) in [4.78, 5) is 9.08. The zero-order chi connectivity index (χ0) is 15.5. The fourth-order valence-corrected chi connectivity index (χ4v) is 3.24. The number of hydrogen-bond donors (Lipinski definition) is 1. The second kappa shape index (κ2) is 6.22. The molecule has 0 saturated heterocycles. The number of benzene rings is 2. The van der Waals surface area contributed by atoms with Crippen LogP contribution in [0.3, 0.4) is 0 Å². The van der Waals surface area contributed by atoms with Gasteiger partial charge in [-0.2, -0.15) is 4.98 Å². The van der Waals surface area contributed by atoms with Crippen molar-refractivity contribution < 1.29 is 4.42 Å². The normalized spacial score (nSPS) is 11.0. The largest absolute Gasteiger partial charge is 0.424 e. The maximum absolute atomic E-state index is 5.64. The Balaban J connectivity index is 1.39. The predicted octanol–water partition coefficient (Wildman–Crippen LogP) is 4.61. The molecule has 0 fully saturated rings. The van der Waals surface area contributed by atoms with Gasteiger partial charge < -0.3 is 9.73 Å². The molecule has 4 nitrogen and oxygen atoms in total. The fraction of sp³-hybridized carbons (Fsp3) is 0.111. The average molecular weight is 321 g/mol. The number of para-hydroxylation sites is 2. The zero-order valence-corrected chi connectivity index (χ0v) is 13.2. The first kappa shape index (κ1) is 14.0. The highest BCUT2D eigenvalue weighted by molar-refractivity contribution is 7.13. The molecule has 4 rings (SSSR count). The second-order valence-corrected chi connectivity index (χ2v) is 6.03. The Morgan fingerprint density at radius 1 is 0.957 bits per heavy atom. The van der Waals surface area contributed by atoms with Gasteiger partial charge in [-0.1, -0.05) is 42.5 Å². The van der Waals surface area contributed by atoms with E-state index in [1.807, 2.05) is 42.5 Å². The highest BCUT2D eigenvalue weighted by atomic mass is 32.1. The minimum atomic E-state index is 0.560. The van der Waals surface area contributed by atoms with Gasteiger partial charge in [-0.3, -0.25) is 0 Å². The van der Waals surface area contributed by atoms with E-state index in [0.717, 1.165) is 40.3 Å². The number of rotatable bonds is 5. The summed E-state index contributed by atoms with van der Waals surface area (Å²) in [6.45, 7) is 0.741. The molecule has 0 aliphatic rings. The lowest BCUT2D eigenvalue weighted by molar-refractivity contribution is 0.614. The SMILES string of the molecule is c1ccc(-c2nc(CCNc3nc4ccccc4o3)cs2)cc1. The standard InChI is InChI=1S/C18H15N3OS/c1-2-6-13(7-3-1)17-20-14(12-23-17)10-11-19-18-21-15-8-4-5-9-16(15)22-18/h1-9,12H,10-11H2,(H,19,21). The monoisotopic (exact) mass is 321 g/mol. The Morgan fingerprint density at radius 3 is 2.65 bits per heavy atom. The highest BCUT2D eigenvalue weighted by Gasteiger charge is 2.06. The van der Waals surface area contributed by atoms with Crippen molar-refractivity contribution in [3.63, 3.8) is 0 Å². The molecule has 0 radical (unpaired) electrons. The van der Waals surface area contributed by atoms with E-state index in [-0.39, 0.29) is 0 Å². The van der Waals surface area contributed by atoms with Crippen molar-refractivity contribution in [1.29, 1.82) is 0 Å². The van der Waals surface area contributed by atoms with Crippen LogP contribution in [0, 0.1) is 0 Å². The molecule has 1 N–H and O–H groups in total. The minimum absolute atomic E-state index is 0.560. The first-order valence-electron chi connectivity index (χ1n) is 7.48. The molecule has 0 amide bonds. The van der Waals surface area contributed by atoms with E-state index >= 15 is 0 Å². The van der Waals surface area contributed by atoms with Crippen LogP contribution >= 0.6 is 11.3 Å². The van der Waals surface area contributed by atoms with E-state index in [1.54, 1.807) is 11.3 Å². The summed E-state index contributed by atoms with van der Waals surface area (Å²) in [5.41, 5.74) is 3.91. The number of hydrogen-bond acceptors (Lipinski definition) is 5. The number of aromatic nitrogens is 2. The topological polar surface area (TPSA) is 51.0 Å². The van der Waals surface area contributed by atoms with Crippen molar-refractivity contribution in [3.8, 4) is 10.6 Å². The lowest BCUT2D eigenvalue weighted by Crippen LogP contribution is -2.05. The third kappa shape index (κ3) is 3.10. The predicted molar refractivity (Wildman–Crippen MR) is 93.8 cm³/mol. The zero-order valence-electron chi connectivity index (χ0n) is 12.4. The van der Waals surface area contributed by atoms with Crippen molar-refractivity contribution in [1.82, 2.24) is 9.97 Å². The van der Waals surface area contributed by atoms with E-state index < -0.39 is 0 Å². The van der Waals surface area contributed by atoms with Gasteiger partial charge in [-0.25, -0.2) is 4.98 Å².